The summed E-state index contributed by atoms with van der Waals surface area (Å²) >= 11 is 0. The molecule has 0 bridgehead atoms. The number of carbonyl (C=O) groups is 4. The maximum atomic E-state index is 11.9. The fourth-order valence-electron chi connectivity index (χ4n) is 1.85. The van der Waals surface area contributed by atoms with Gasteiger partial charge in [0.1, 0.15) is 18.2 Å². The molecule has 0 spiro atoms. The minimum atomic E-state index is -1.36. The van der Waals surface area contributed by atoms with Crippen molar-refractivity contribution in [3.8, 4) is 0 Å². The highest BCUT2D eigenvalue weighted by molar-refractivity contribution is 6.34. The second kappa shape index (κ2) is 9.55. The predicted octanol–water partition coefficient (Wildman–Crippen LogP) is 1.76. The number of methoxy groups -OCH3 is 1. The molecule has 1 N–H and O–H groups in total. The van der Waals surface area contributed by atoms with Crippen molar-refractivity contribution in [1.82, 2.24) is 5.32 Å². The van der Waals surface area contributed by atoms with E-state index >= 15 is 0 Å². The molecule has 1 rings (SSSR count). The van der Waals surface area contributed by atoms with E-state index in [1.54, 1.807) is 45.0 Å². The molecule has 0 aliphatic carbocycles. The predicted molar refractivity (Wildman–Crippen MR) is 91.0 cm³/mol. The molecule has 0 unspecified atom stereocenters. The highest BCUT2D eigenvalue weighted by Gasteiger charge is 2.30. The van der Waals surface area contributed by atoms with Crippen molar-refractivity contribution in [1.29, 1.82) is 0 Å². The van der Waals surface area contributed by atoms with Crippen LogP contribution in [0.1, 0.15) is 32.8 Å². The third-order valence-corrected chi connectivity index (χ3v) is 3.01. The molecule has 8 nitrogen and oxygen atoms in total. The molecule has 1 amide bonds. The molecule has 1 aromatic carbocycles. The zero-order chi connectivity index (χ0) is 19.7. The van der Waals surface area contributed by atoms with E-state index in [0.29, 0.717) is 0 Å². The van der Waals surface area contributed by atoms with Gasteiger partial charge in [-0.1, -0.05) is 30.3 Å². The molecule has 0 fully saturated rings. The summed E-state index contributed by atoms with van der Waals surface area (Å²) in [5, 5.41) is 2.22. The number of Topliss-reactive ketones (excluding diaryl/α,β-unsaturated/α-hetero) is 1. The van der Waals surface area contributed by atoms with Gasteiger partial charge in [-0.2, -0.15) is 0 Å². The van der Waals surface area contributed by atoms with E-state index in [1.807, 2.05) is 6.07 Å². The molecular formula is C18H23NO7. The zero-order valence-corrected chi connectivity index (χ0v) is 15.2. The van der Waals surface area contributed by atoms with Gasteiger partial charge in [0.15, 0.2) is 0 Å². The van der Waals surface area contributed by atoms with Gasteiger partial charge in [0, 0.05) is 6.42 Å². The van der Waals surface area contributed by atoms with E-state index in [0.717, 1.165) is 12.7 Å². The largest absolute Gasteiger partial charge is 0.467 e. The van der Waals surface area contributed by atoms with Gasteiger partial charge in [0.2, 0.25) is 5.78 Å². The Morgan fingerprint density at radius 3 is 2.23 bits per heavy atom. The van der Waals surface area contributed by atoms with Gasteiger partial charge >= 0.3 is 18.0 Å². The number of hydrogen-bond donors (Lipinski definition) is 1. The first kappa shape index (κ1) is 21.1. The Kier molecular flexibility index (Phi) is 7.77. The number of rotatable bonds is 7. The molecule has 0 aliphatic heterocycles. The summed E-state index contributed by atoms with van der Waals surface area (Å²) in [7, 11) is 1.10. The molecule has 0 radical (unpaired) electrons. The Bertz CT molecular complexity index is 649. The SMILES string of the molecule is COC(=O)[C@@H](CC(=O)C(=O)OC(C)(C)C)NC(=O)OCc1ccccc1. The molecule has 0 saturated carbocycles. The summed E-state index contributed by atoms with van der Waals surface area (Å²) in [5.41, 5.74) is -0.0997. The lowest BCUT2D eigenvalue weighted by molar-refractivity contribution is -0.163. The smallest absolute Gasteiger partial charge is 0.408 e. The number of alkyl carbamates (subject to hydrolysis) is 1. The second-order valence-corrected chi connectivity index (χ2v) is 6.41. The fraction of sp³-hybridized carbons (Fsp3) is 0.444. The van der Waals surface area contributed by atoms with Crippen molar-refractivity contribution in [3.05, 3.63) is 35.9 Å². The molecule has 0 heterocycles. The molecular weight excluding hydrogens is 342 g/mol. The molecule has 1 aromatic rings. The summed E-state index contributed by atoms with van der Waals surface area (Å²) in [6, 6.07) is 7.55. The molecule has 0 saturated heterocycles. The van der Waals surface area contributed by atoms with Crippen LogP contribution < -0.4 is 5.32 Å². The van der Waals surface area contributed by atoms with Crippen molar-refractivity contribution in [2.75, 3.05) is 7.11 Å². The van der Waals surface area contributed by atoms with Crippen LogP contribution in [-0.2, 0) is 35.2 Å². The van der Waals surface area contributed by atoms with Crippen LogP contribution in [0.2, 0.25) is 0 Å². The Balaban J connectivity index is 2.63. The van der Waals surface area contributed by atoms with Gasteiger partial charge < -0.3 is 19.5 Å². The second-order valence-electron chi connectivity index (χ2n) is 6.41. The van der Waals surface area contributed by atoms with Crippen LogP contribution >= 0.6 is 0 Å². The highest BCUT2D eigenvalue weighted by atomic mass is 16.6. The molecule has 0 aromatic heterocycles. The van der Waals surface area contributed by atoms with Crippen molar-refractivity contribution >= 4 is 23.8 Å². The summed E-state index contributed by atoms with van der Waals surface area (Å²) in [6.45, 7) is 4.81. The summed E-state index contributed by atoms with van der Waals surface area (Å²) < 4.78 is 14.5. The molecule has 142 valence electrons. The van der Waals surface area contributed by atoms with Crippen LogP contribution in [0.15, 0.2) is 30.3 Å². The van der Waals surface area contributed by atoms with E-state index in [4.69, 9.17) is 9.47 Å². The van der Waals surface area contributed by atoms with E-state index in [1.165, 1.54) is 0 Å². The molecule has 8 heteroatoms. The first-order chi connectivity index (χ1) is 12.1. The minimum absolute atomic E-state index is 0.0133. The third kappa shape index (κ3) is 7.78. The van der Waals surface area contributed by atoms with Gasteiger partial charge in [-0.15, -0.1) is 0 Å². The number of nitrogens with one attached hydrogen (secondary N) is 1. The van der Waals surface area contributed by atoms with E-state index in [-0.39, 0.29) is 6.61 Å². The lowest BCUT2D eigenvalue weighted by Gasteiger charge is -2.20. The summed E-state index contributed by atoms with van der Waals surface area (Å²) in [4.78, 5) is 47.3. The number of hydrogen-bond acceptors (Lipinski definition) is 7. The lowest BCUT2D eigenvalue weighted by atomic mass is 10.1. The monoisotopic (exact) mass is 365 g/mol. The van der Waals surface area contributed by atoms with Gasteiger partial charge in [0.05, 0.1) is 7.11 Å². The Morgan fingerprint density at radius 1 is 1.08 bits per heavy atom. The number of amides is 1. The van der Waals surface area contributed by atoms with Gasteiger partial charge in [-0.05, 0) is 26.3 Å². The number of ketones is 1. The Morgan fingerprint density at radius 2 is 1.69 bits per heavy atom. The van der Waals surface area contributed by atoms with Crippen molar-refractivity contribution in [2.24, 2.45) is 0 Å². The molecule has 1 atom stereocenters. The van der Waals surface area contributed by atoms with Crippen LogP contribution in [0.4, 0.5) is 4.79 Å². The minimum Gasteiger partial charge on any atom is -0.467 e. The normalized spacial score (nSPS) is 11.8. The first-order valence-electron chi connectivity index (χ1n) is 7.93. The quantitative estimate of drug-likeness (QED) is 0.445. The lowest BCUT2D eigenvalue weighted by Crippen LogP contribution is -2.44. The third-order valence-electron chi connectivity index (χ3n) is 3.01. The summed E-state index contributed by atoms with van der Waals surface area (Å²) in [5.74, 6) is -2.93. The van der Waals surface area contributed by atoms with Crippen LogP contribution in [0.5, 0.6) is 0 Å². The fourth-order valence-corrected chi connectivity index (χ4v) is 1.85. The standard InChI is InChI=1S/C18H23NO7/c1-18(2,3)26-16(22)14(20)10-13(15(21)24-4)19-17(23)25-11-12-8-6-5-7-9-12/h5-9,13H,10-11H2,1-4H3,(H,19,23)/t13-/m1/s1. The Hall–Kier alpha value is -2.90. The van der Waals surface area contributed by atoms with Crippen molar-refractivity contribution < 1.29 is 33.4 Å². The zero-order valence-electron chi connectivity index (χ0n) is 15.2. The maximum Gasteiger partial charge on any atom is 0.408 e. The Labute approximate surface area is 151 Å². The number of esters is 2. The number of ether oxygens (including phenoxy) is 3. The average molecular weight is 365 g/mol. The average Bonchev–Trinajstić information content (AvgIpc) is 2.58. The van der Waals surface area contributed by atoms with Crippen LogP contribution in [-0.4, -0.2) is 42.6 Å². The molecule has 0 aliphatic rings. The maximum absolute atomic E-state index is 11.9. The van der Waals surface area contributed by atoms with E-state index < -0.39 is 41.9 Å². The van der Waals surface area contributed by atoms with Crippen LogP contribution in [0.25, 0.3) is 0 Å². The van der Waals surface area contributed by atoms with Gasteiger partial charge in [-0.25, -0.2) is 14.4 Å². The first-order valence-corrected chi connectivity index (χ1v) is 7.93. The van der Waals surface area contributed by atoms with Crippen molar-refractivity contribution in [2.45, 2.75) is 45.4 Å². The van der Waals surface area contributed by atoms with Crippen LogP contribution in [0, 0.1) is 0 Å². The van der Waals surface area contributed by atoms with Gasteiger partial charge in [0.25, 0.3) is 0 Å². The molecule has 26 heavy (non-hydrogen) atoms. The van der Waals surface area contributed by atoms with Crippen LogP contribution in [0.3, 0.4) is 0 Å². The highest BCUT2D eigenvalue weighted by Crippen LogP contribution is 2.09. The topological polar surface area (TPSA) is 108 Å². The van der Waals surface area contributed by atoms with E-state index in [2.05, 4.69) is 10.1 Å². The number of carbonyl (C=O) groups excluding carboxylic acids is 4. The summed E-state index contributed by atoms with van der Waals surface area (Å²) in [6.07, 6.45) is -1.51. The number of benzene rings is 1. The van der Waals surface area contributed by atoms with E-state index in [9.17, 15) is 19.2 Å². The van der Waals surface area contributed by atoms with Gasteiger partial charge in [-0.3, -0.25) is 4.79 Å². The van der Waals surface area contributed by atoms with Crippen molar-refractivity contribution in [3.63, 3.8) is 0 Å².